The molecular weight excluding hydrogens is 292 g/mol. The largest absolute Gasteiger partial charge is 0.398 e. The molecular formula is C14H13BrN2O. The number of rotatable bonds is 2. The number of nitrogen functional groups attached to an aromatic ring is 1. The quantitative estimate of drug-likeness (QED) is 0.833. The molecule has 0 radical (unpaired) electrons. The highest BCUT2D eigenvalue weighted by molar-refractivity contribution is 9.10. The third kappa shape index (κ3) is 2.71. The van der Waals surface area contributed by atoms with Crippen LogP contribution in [0.2, 0.25) is 0 Å². The average molecular weight is 305 g/mol. The van der Waals surface area contributed by atoms with Crippen molar-refractivity contribution < 1.29 is 4.79 Å². The zero-order chi connectivity index (χ0) is 13.1. The molecule has 0 saturated heterocycles. The lowest BCUT2D eigenvalue weighted by Crippen LogP contribution is -2.14. The molecule has 0 spiro atoms. The van der Waals surface area contributed by atoms with E-state index < -0.39 is 0 Å². The molecule has 0 atom stereocenters. The Hall–Kier alpha value is -1.81. The molecule has 0 aromatic heterocycles. The summed E-state index contributed by atoms with van der Waals surface area (Å²) >= 11 is 3.38. The molecule has 0 aliphatic heterocycles. The van der Waals surface area contributed by atoms with Crippen LogP contribution in [0, 0.1) is 6.92 Å². The smallest absolute Gasteiger partial charge is 0.257 e. The number of anilines is 2. The summed E-state index contributed by atoms with van der Waals surface area (Å²) in [5.74, 6) is -0.209. The van der Waals surface area contributed by atoms with E-state index in [0.29, 0.717) is 11.3 Å². The van der Waals surface area contributed by atoms with Crippen LogP contribution < -0.4 is 11.1 Å². The fraction of sp³-hybridized carbons (Fsp3) is 0.0714. The van der Waals surface area contributed by atoms with Gasteiger partial charge in [-0.25, -0.2) is 0 Å². The third-order valence-electron chi connectivity index (χ3n) is 2.57. The van der Waals surface area contributed by atoms with Crippen LogP contribution in [0.4, 0.5) is 11.4 Å². The Morgan fingerprint density at radius 2 is 1.94 bits per heavy atom. The normalized spacial score (nSPS) is 10.1. The van der Waals surface area contributed by atoms with Crippen molar-refractivity contribution in [3.05, 3.63) is 58.1 Å². The molecule has 92 valence electrons. The Balaban J connectivity index is 2.25. The van der Waals surface area contributed by atoms with Crippen LogP contribution >= 0.6 is 15.9 Å². The van der Waals surface area contributed by atoms with Crippen LogP contribution in [0.5, 0.6) is 0 Å². The number of para-hydroxylation sites is 1. The topological polar surface area (TPSA) is 55.1 Å². The zero-order valence-electron chi connectivity index (χ0n) is 9.91. The van der Waals surface area contributed by atoms with Crippen molar-refractivity contribution in [2.45, 2.75) is 6.92 Å². The van der Waals surface area contributed by atoms with Crippen molar-refractivity contribution in [3.8, 4) is 0 Å². The number of aryl methyl sites for hydroxylation is 1. The molecule has 3 N–H and O–H groups in total. The number of hydrogen-bond donors (Lipinski definition) is 2. The van der Waals surface area contributed by atoms with E-state index in [0.717, 1.165) is 15.7 Å². The molecule has 18 heavy (non-hydrogen) atoms. The first kappa shape index (κ1) is 12.6. The van der Waals surface area contributed by atoms with Crippen LogP contribution in [0.1, 0.15) is 15.9 Å². The summed E-state index contributed by atoms with van der Waals surface area (Å²) in [5.41, 5.74) is 8.57. The van der Waals surface area contributed by atoms with Gasteiger partial charge in [-0.1, -0.05) is 18.2 Å². The first-order chi connectivity index (χ1) is 8.58. The first-order valence-electron chi connectivity index (χ1n) is 5.50. The minimum absolute atomic E-state index is 0.209. The average Bonchev–Trinajstić information content (AvgIpc) is 2.32. The second kappa shape index (κ2) is 5.23. The van der Waals surface area contributed by atoms with Gasteiger partial charge in [-0.2, -0.15) is 0 Å². The minimum atomic E-state index is -0.209. The molecule has 1 amide bonds. The maximum absolute atomic E-state index is 12.1. The van der Waals surface area contributed by atoms with Crippen LogP contribution in [0.25, 0.3) is 0 Å². The van der Waals surface area contributed by atoms with E-state index in [-0.39, 0.29) is 5.91 Å². The number of carbonyl (C=O) groups is 1. The van der Waals surface area contributed by atoms with Crippen LogP contribution in [0.15, 0.2) is 46.9 Å². The van der Waals surface area contributed by atoms with Gasteiger partial charge in [0.25, 0.3) is 5.91 Å². The van der Waals surface area contributed by atoms with Crippen LogP contribution in [0.3, 0.4) is 0 Å². The number of carbonyl (C=O) groups excluding carboxylic acids is 1. The van der Waals surface area contributed by atoms with Gasteiger partial charge < -0.3 is 11.1 Å². The van der Waals surface area contributed by atoms with Gasteiger partial charge in [0.05, 0.1) is 11.3 Å². The molecule has 0 aliphatic carbocycles. The molecule has 0 aliphatic rings. The van der Waals surface area contributed by atoms with Gasteiger partial charge in [-0.05, 0) is 52.7 Å². The molecule has 0 saturated carbocycles. The van der Waals surface area contributed by atoms with Crippen molar-refractivity contribution in [3.63, 3.8) is 0 Å². The molecule has 2 aromatic rings. The lowest BCUT2D eigenvalue weighted by atomic mass is 10.1. The minimum Gasteiger partial charge on any atom is -0.398 e. The van der Waals surface area contributed by atoms with Gasteiger partial charge in [-0.15, -0.1) is 0 Å². The Morgan fingerprint density at radius 3 is 2.61 bits per heavy atom. The highest BCUT2D eigenvalue weighted by Gasteiger charge is 2.10. The third-order valence-corrected chi connectivity index (χ3v) is 3.27. The summed E-state index contributed by atoms with van der Waals surface area (Å²) in [6, 6.07) is 12.8. The van der Waals surface area contributed by atoms with Crippen LogP contribution in [-0.2, 0) is 0 Å². The summed E-state index contributed by atoms with van der Waals surface area (Å²) in [6.07, 6.45) is 0. The summed E-state index contributed by atoms with van der Waals surface area (Å²) in [6.45, 7) is 1.94. The number of nitrogens with one attached hydrogen (secondary N) is 1. The van der Waals surface area contributed by atoms with E-state index in [4.69, 9.17) is 5.73 Å². The van der Waals surface area contributed by atoms with Gasteiger partial charge in [0.2, 0.25) is 0 Å². The van der Waals surface area contributed by atoms with E-state index in [1.807, 2.05) is 37.3 Å². The van der Waals surface area contributed by atoms with Crippen molar-refractivity contribution >= 4 is 33.2 Å². The molecule has 4 heteroatoms. The lowest BCUT2D eigenvalue weighted by Gasteiger charge is -2.09. The van der Waals surface area contributed by atoms with Crippen LogP contribution in [-0.4, -0.2) is 5.91 Å². The molecule has 2 aromatic carbocycles. The summed E-state index contributed by atoms with van der Waals surface area (Å²) < 4.78 is 0.837. The second-order valence-corrected chi connectivity index (χ2v) is 4.88. The second-order valence-electron chi connectivity index (χ2n) is 4.02. The lowest BCUT2D eigenvalue weighted by molar-refractivity contribution is 0.102. The van der Waals surface area contributed by atoms with E-state index in [2.05, 4.69) is 21.2 Å². The Morgan fingerprint density at radius 1 is 1.22 bits per heavy atom. The van der Waals surface area contributed by atoms with Crippen molar-refractivity contribution in [1.82, 2.24) is 0 Å². The van der Waals surface area contributed by atoms with Gasteiger partial charge in [0.15, 0.2) is 0 Å². The summed E-state index contributed by atoms with van der Waals surface area (Å²) in [7, 11) is 0. The van der Waals surface area contributed by atoms with Crippen molar-refractivity contribution in [2.24, 2.45) is 0 Å². The predicted octanol–water partition coefficient (Wildman–Crippen LogP) is 3.59. The number of hydrogen-bond acceptors (Lipinski definition) is 2. The maximum atomic E-state index is 12.1. The summed E-state index contributed by atoms with van der Waals surface area (Å²) in [5, 5.41) is 2.82. The fourth-order valence-corrected chi connectivity index (χ4v) is 2.03. The van der Waals surface area contributed by atoms with E-state index in [1.54, 1.807) is 12.1 Å². The predicted molar refractivity (Wildman–Crippen MR) is 77.7 cm³/mol. The number of halogens is 1. The number of benzene rings is 2. The van der Waals surface area contributed by atoms with E-state index in [9.17, 15) is 4.79 Å². The molecule has 0 unspecified atom stereocenters. The molecule has 0 fully saturated rings. The molecule has 3 nitrogen and oxygen atoms in total. The van der Waals surface area contributed by atoms with Gasteiger partial charge in [0, 0.05) is 10.2 Å². The standard InChI is InChI=1S/C14H13BrN2O/c1-9-6-7-10(12(16)8-9)14(18)17-13-5-3-2-4-11(13)15/h2-8H,16H2,1H3,(H,17,18). The van der Waals surface area contributed by atoms with E-state index in [1.165, 1.54) is 0 Å². The molecule has 0 heterocycles. The Kier molecular flexibility index (Phi) is 3.67. The summed E-state index contributed by atoms with van der Waals surface area (Å²) in [4.78, 5) is 12.1. The Labute approximate surface area is 114 Å². The highest BCUT2D eigenvalue weighted by Crippen LogP contribution is 2.23. The maximum Gasteiger partial charge on any atom is 0.257 e. The first-order valence-corrected chi connectivity index (χ1v) is 6.29. The Bertz CT molecular complexity index is 596. The van der Waals surface area contributed by atoms with Gasteiger partial charge in [0.1, 0.15) is 0 Å². The number of nitrogens with two attached hydrogens (primary N) is 1. The fourth-order valence-electron chi connectivity index (χ4n) is 1.64. The van der Waals surface area contributed by atoms with Gasteiger partial charge in [-0.3, -0.25) is 4.79 Å². The highest BCUT2D eigenvalue weighted by atomic mass is 79.9. The molecule has 2 rings (SSSR count). The monoisotopic (exact) mass is 304 g/mol. The van der Waals surface area contributed by atoms with Crippen molar-refractivity contribution in [2.75, 3.05) is 11.1 Å². The zero-order valence-corrected chi connectivity index (χ0v) is 11.5. The van der Waals surface area contributed by atoms with E-state index >= 15 is 0 Å². The van der Waals surface area contributed by atoms with Gasteiger partial charge >= 0.3 is 0 Å². The number of amides is 1. The SMILES string of the molecule is Cc1ccc(C(=O)Nc2ccccc2Br)c(N)c1. The van der Waals surface area contributed by atoms with Crippen molar-refractivity contribution in [1.29, 1.82) is 0 Å². The molecule has 0 bridgehead atoms.